The summed E-state index contributed by atoms with van der Waals surface area (Å²) in [6.45, 7) is 3.77. The number of alkyl halides is 2. The molecule has 4 rings (SSSR count). The standard InChI is InChI=1S/C24H28F2N6O3/c1-4-18-17(13-35-31-18)22(33)30-20(15-7-9-24(25,26)10-8-15)23(34)29-19-6-5-16(12-27-19)21-14(2)11-28-32(21)3/h5-6,11-13,15,20H,4,7-10H2,1-3H3,(H,30,33)(H,27,29,34). The van der Waals surface area contributed by atoms with E-state index in [1.165, 1.54) is 6.26 Å². The molecule has 1 aliphatic carbocycles. The number of hydrogen-bond acceptors (Lipinski definition) is 6. The van der Waals surface area contributed by atoms with E-state index in [-0.39, 0.29) is 37.1 Å². The van der Waals surface area contributed by atoms with Gasteiger partial charge in [0.2, 0.25) is 11.8 Å². The fourth-order valence-electron chi connectivity index (χ4n) is 4.49. The molecule has 0 radical (unpaired) electrons. The Bertz CT molecular complexity index is 1170. The summed E-state index contributed by atoms with van der Waals surface area (Å²) in [6.07, 6.45) is 4.63. The summed E-state index contributed by atoms with van der Waals surface area (Å²) in [5.41, 5.74) is 3.41. The van der Waals surface area contributed by atoms with E-state index in [1.807, 2.05) is 27.0 Å². The van der Waals surface area contributed by atoms with Gasteiger partial charge in [-0.1, -0.05) is 12.1 Å². The number of anilines is 1. The van der Waals surface area contributed by atoms with Crippen LogP contribution in [0.2, 0.25) is 0 Å². The number of aryl methyl sites for hydroxylation is 3. The van der Waals surface area contributed by atoms with Crippen LogP contribution in [0.25, 0.3) is 11.3 Å². The van der Waals surface area contributed by atoms with E-state index >= 15 is 0 Å². The van der Waals surface area contributed by atoms with Crippen LogP contribution in [0, 0.1) is 12.8 Å². The lowest BCUT2D eigenvalue weighted by Gasteiger charge is -2.33. The van der Waals surface area contributed by atoms with Gasteiger partial charge in [0, 0.05) is 31.6 Å². The van der Waals surface area contributed by atoms with Crippen LogP contribution in [-0.4, -0.2) is 43.7 Å². The minimum atomic E-state index is -2.76. The Labute approximate surface area is 201 Å². The van der Waals surface area contributed by atoms with E-state index in [0.717, 1.165) is 16.8 Å². The maximum absolute atomic E-state index is 13.8. The zero-order chi connectivity index (χ0) is 25.2. The highest BCUT2D eigenvalue weighted by atomic mass is 19.3. The second-order valence-corrected chi connectivity index (χ2v) is 8.89. The molecule has 11 heteroatoms. The van der Waals surface area contributed by atoms with Crippen molar-refractivity contribution < 1.29 is 22.9 Å². The predicted molar refractivity (Wildman–Crippen MR) is 124 cm³/mol. The Morgan fingerprint density at radius 3 is 2.60 bits per heavy atom. The van der Waals surface area contributed by atoms with Crippen LogP contribution in [0.5, 0.6) is 0 Å². The highest BCUT2D eigenvalue weighted by Gasteiger charge is 2.40. The van der Waals surface area contributed by atoms with Gasteiger partial charge in [0.05, 0.1) is 17.6 Å². The third-order valence-corrected chi connectivity index (χ3v) is 6.44. The molecule has 2 amide bonds. The third-order valence-electron chi connectivity index (χ3n) is 6.44. The van der Waals surface area contributed by atoms with Gasteiger partial charge < -0.3 is 15.2 Å². The first kappa shape index (κ1) is 24.5. The van der Waals surface area contributed by atoms with Crippen LogP contribution in [0.4, 0.5) is 14.6 Å². The molecular formula is C24H28F2N6O3. The number of rotatable bonds is 7. The predicted octanol–water partition coefficient (Wildman–Crippen LogP) is 3.90. The number of carbonyl (C=O) groups excluding carboxylic acids is 2. The van der Waals surface area contributed by atoms with Gasteiger partial charge in [-0.15, -0.1) is 0 Å². The number of carbonyl (C=O) groups is 2. The van der Waals surface area contributed by atoms with E-state index in [1.54, 1.807) is 23.1 Å². The molecule has 3 aromatic rings. The van der Waals surface area contributed by atoms with E-state index in [0.29, 0.717) is 12.1 Å². The molecule has 1 unspecified atom stereocenters. The lowest BCUT2D eigenvalue weighted by atomic mass is 9.81. The molecule has 9 nitrogen and oxygen atoms in total. The smallest absolute Gasteiger partial charge is 0.257 e. The van der Waals surface area contributed by atoms with Crippen molar-refractivity contribution in [3.05, 3.63) is 47.6 Å². The molecule has 1 saturated carbocycles. The summed E-state index contributed by atoms with van der Waals surface area (Å²) in [7, 11) is 1.83. The zero-order valence-electron chi connectivity index (χ0n) is 19.8. The Morgan fingerprint density at radius 2 is 2.00 bits per heavy atom. The zero-order valence-corrected chi connectivity index (χ0v) is 19.8. The Kier molecular flexibility index (Phi) is 6.95. The fraction of sp³-hybridized carbons (Fsp3) is 0.458. The molecular weight excluding hydrogens is 458 g/mol. The van der Waals surface area contributed by atoms with Crippen molar-refractivity contribution in [3.63, 3.8) is 0 Å². The fourth-order valence-corrected chi connectivity index (χ4v) is 4.49. The van der Waals surface area contributed by atoms with Crippen LogP contribution >= 0.6 is 0 Å². The Hall–Kier alpha value is -3.63. The first-order chi connectivity index (χ1) is 16.7. The number of nitrogens with zero attached hydrogens (tertiary/aromatic N) is 4. The molecule has 2 N–H and O–H groups in total. The highest BCUT2D eigenvalue weighted by molar-refractivity contribution is 6.01. The minimum absolute atomic E-state index is 0.113. The summed E-state index contributed by atoms with van der Waals surface area (Å²) in [5.74, 6) is -3.96. The number of amides is 2. The SMILES string of the molecule is CCc1nocc1C(=O)NC(C(=O)Nc1ccc(-c2c(C)cnn2C)cn1)C1CCC(F)(F)CC1. The molecule has 186 valence electrons. The maximum Gasteiger partial charge on any atom is 0.257 e. The van der Waals surface area contributed by atoms with Crippen molar-refractivity contribution in [2.75, 3.05) is 5.32 Å². The minimum Gasteiger partial charge on any atom is -0.364 e. The number of aromatic nitrogens is 4. The molecule has 0 aromatic carbocycles. The number of halogens is 2. The van der Waals surface area contributed by atoms with Crippen LogP contribution in [0.3, 0.4) is 0 Å². The monoisotopic (exact) mass is 486 g/mol. The molecule has 0 spiro atoms. The molecule has 0 aliphatic heterocycles. The maximum atomic E-state index is 13.8. The van der Waals surface area contributed by atoms with Gasteiger partial charge in [0.25, 0.3) is 5.91 Å². The van der Waals surface area contributed by atoms with Crippen molar-refractivity contribution in [2.24, 2.45) is 13.0 Å². The molecule has 0 saturated heterocycles. The molecule has 0 bridgehead atoms. The van der Waals surface area contributed by atoms with Gasteiger partial charge in [0.1, 0.15) is 23.7 Å². The quantitative estimate of drug-likeness (QED) is 0.523. The Morgan fingerprint density at radius 1 is 1.26 bits per heavy atom. The van der Waals surface area contributed by atoms with E-state index in [9.17, 15) is 18.4 Å². The van der Waals surface area contributed by atoms with Gasteiger partial charge in [-0.25, -0.2) is 13.8 Å². The largest absolute Gasteiger partial charge is 0.364 e. The topological polar surface area (TPSA) is 115 Å². The van der Waals surface area contributed by atoms with E-state index in [4.69, 9.17) is 4.52 Å². The number of hydrogen-bond donors (Lipinski definition) is 2. The summed E-state index contributed by atoms with van der Waals surface area (Å²) >= 11 is 0. The van der Waals surface area contributed by atoms with Gasteiger partial charge in [-0.05, 0) is 49.8 Å². The van der Waals surface area contributed by atoms with Crippen LogP contribution < -0.4 is 10.6 Å². The van der Waals surface area contributed by atoms with Crippen molar-refractivity contribution in [1.82, 2.24) is 25.2 Å². The third kappa shape index (κ3) is 5.39. The number of nitrogens with one attached hydrogen (secondary N) is 2. The van der Waals surface area contributed by atoms with Gasteiger partial charge >= 0.3 is 0 Å². The van der Waals surface area contributed by atoms with Crippen molar-refractivity contribution in [1.29, 1.82) is 0 Å². The molecule has 3 heterocycles. The van der Waals surface area contributed by atoms with Gasteiger partial charge in [0.15, 0.2) is 0 Å². The molecule has 1 aliphatic rings. The van der Waals surface area contributed by atoms with Gasteiger partial charge in [-0.2, -0.15) is 5.10 Å². The lowest BCUT2D eigenvalue weighted by Crippen LogP contribution is -2.50. The summed E-state index contributed by atoms with van der Waals surface area (Å²) in [5, 5.41) is 13.5. The van der Waals surface area contributed by atoms with Crippen LogP contribution in [-0.2, 0) is 18.3 Å². The van der Waals surface area contributed by atoms with Crippen molar-refractivity contribution in [3.8, 4) is 11.3 Å². The average Bonchev–Trinajstić information content (AvgIpc) is 3.44. The lowest BCUT2D eigenvalue weighted by molar-refractivity contribution is -0.121. The van der Waals surface area contributed by atoms with Gasteiger partial charge in [-0.3, -0.25) is 14.3 Å². The average molecular weight is 487 g/mol. The van der Waals surface area contributed by atoms with Crippen LogP contribution in [0.15, 0.2) is 35.3 Å². The summed E-state index contributed by atoms with van der Waals surface area (Å²) in [6, 6.07) is 2.45. The normalized spacial score (nSPS) is 16.6. The van der Waals surface area contributed by atoms with Crippen molar-refractivity contribution in [2.45, 2.75) is 57.9 Å². The Balaban J connectivity index is 1.52. The first-order valence-electron chi connectivity index (χ1n) is 11.6. The number of pyridine rings is 1. The molecule has 1 fully saturated rings. The summed E-state index contributed by atoms with van der Waals surface area (Å²) < 4.78 is 34.2. The van der Waals surface area contributed by atoms with E-state index < -0.39 is 29.7 Å². The molecule has 35 heavy (non-hydrogen) atoms. The van der Waals surface area contributed by atoms with Crippen LogP contribution in [0.1, 0.15) is 54.2 Å². The highest BCUT2D eigenvalue weighted by Crippen LogP contribution is 2.37. The molecule has 1 atom stereocenters. The van der Waals surface area contributed by atoms with Crippen molar-refractivity contribution >= 4 is 17.6 Å². The first-order valence-corrected chi connectivity index (χ1v) is 11.6. The molecule has 3 aromatic heterocycles. The van der Waals surface area contributed by atoms with E-state index in [2.05, 4.69) is 25.9 Å². The second-order valence-electron chi connectivity index (χ2n) is 8.89. The summed E-state index contributed by atoms with van der Waals surface area (Å²) in [4.78, 5) is 30.5. The second kappa shape index (κ2) is 9.93.